The average molecular weight is 1550 g/mol. The highest BCUT2D eigenvalue weighted by molar-refractivity contribution is 6.19. The molecule has 0 spiro atoms. The molecule has 0 saturated carbocycles. The van der Waals surface area contributed by atoms with Gasteiger partial charge in [-0.25, -0.2) is 0 Å². The van der Waals surface area contributed by atoms with Gasteiger partial charge in [0.25, 0.3) is 0 Å². The highest BCUT2D eigenvalue weighted by atomic mass is 16.3. The fourth-order valence-corrected chi connectivity index (χ4v) is 18.4. The molecule has 4 nitrogen and oxygen atoms in total. The van der Waals surface area contributed by atoms with Crippen molar-refractivity contribution in [1.29, 1.82) is 0 Å². The Labute approximate surface area is 705 Å². The van der Waals surface area contributed by atoms with Crippen molar-refractivity contribution in [1.82, 2.24) is 0 Å². The van der Waals surface area contributed by atoms with Gasteiger partial charge in [-0.3, -0.25) is 0 Å². The van der Waals surface area contributed by atoms with Crippen LogP contribution in [0.2, 0.25) is 0 Å². The smallest absolute Gasteiger partial charge is 0.159 e. The van der Waals surface area contributed by atoms with Crippen molar-refractivity contribution < 1.29 is 4.42 Å². The standard InChI is InChI=1S/C41H31N.C38H25NO.C38H27N/c1-41(2)37-17-9-8-16-35(37)36-26-25-33(27-38(36)41)42(32-23-21-29(22-24-32)28-11-4-3-5-12-28)39-18-10-14-31-20-19-30-13-6-7-15-34(30)40(31)39;1-2-10-26(11-3-1)27-22-24-30(25-23-27)39(35-18-9-16-33-32-15-6-7-19-36(32)40-38(33)35)34-17-8-13-29-21-20-28-12-4-5-14-31(28)37(29)34;1-3-10-28(11-4-1)30-20-24-34(25-21-30)39(35-26-22-31(23-27-35)29-12-5-2-6-13-29)37-17-9-15-33-19-18-32-14-7-8-16-36(32)38(33)37/h3-27H,1-2H3;1-25H;1-27H. The largest absolute Gasteiger partial charge is 0.454 e. The molecule has 21 aromatic carbocycles. The fourth-order valence-electron chi connectivity index (χ4n) is 18.4. The number of benzene rings is 21. The second kappa shape index (κ2) is 31.4. The number of furan rings is 1. The number of fused-ring (bicyclic) bond motifs is 15. The van der Waals surface area contributed by atoms with Gasteiger partial charge in [0.1, 0.15) is 5.58 Å². The van der Waals surface area contributed by atoms with Crippen LogP contribution in [0.1, 0.15) is 25.0 Å². The first-order chi connectivity index (χ1) is 59.8. The van der Waals surface area contributed by atoms with Crippen LogP contribution in [-0.2, 0) is 5.41 Å². The van der Waals surface area contributed by atoms with E-state index >= 15 is 0 Å². The summed E-state index contributed by atoms with van der Waals surface area (Å²) in [5.41, 5.74) is 27.0. The minimum absolute atomic E-state index is 0.0732. The predicted molar refractivity (Wildman–Crippen MR) is 515 cm³/mol. The maximum absolute atomic E-state index is 6.56. The van der Waals surface area contributed by atoms with Crippen molar-refractivity contribution in [2.75, 3.05) is 14.7 Å². The fraction of sp³-hybridized carbons (Fsp3) is 0.0256. The maximum Gasteiger partial charge on any atom is 0.159 e. The van der Waals surface area contributed by atoms with Gasteiger partial charge >= 0.3 is 0 Å². The first kappa shape index (κ1) is 73.0. The highest BCUT2D eigenvalue weighted by Crippen LogP contribution is 2.53. The third-order valence-electron chi connectivity index (χ3n) is 24.3. The van der Waals surface area contributed by atoms with E-state index < -0.39 is 0 Å². The Hall–Kier alpha value is -15.6. The van der Waals surface area contributed by atoms with Crippen LogP contribution in [0.3, 0.4) is 0 Å². The van der Waals surface area contributed by atoms with Crippen LogP contribution in [0.4, 0.5) is 51.2 Å². The molecule has 0 aliphatic heterocycles. The monoisotopic (exact) mass is 1550 g/mol. The van der Waals surface area contributed by atoms with Crippen LogP contribution in [0.5, 0.6) is 0 Å². The molecule has 0 amide bonds. The first-order valence-electron chi connectivity index (χ1n) is 41.7. The number of hydrogen-bond donors (Lipinski definition) is 0. The lowest BCUT2D eigenvalue weighted by Gasteiger charge is -2.29. The molecule has 572 valence electrons. The highest BCUT2D eigenvalue weighted by Gasteiger charge is 2.36. The van der Waals surface area contributed by atoms with Gasteiger partial charge in [-0.15, -0.1) is 0 Å². The number of para-hydroxylation sites is 2. The summed E-state index contributed by atoms with van der Waals surface area (Å²) in [5.74, 6) is 0. The predicted octanol–water partition coefficient (Wildman–Crippen LogP) is 33.3. The summed E-state index contributed by atoms with van der Waals surface area (Å²) in [4.78, 5) is 7.19. The molecule has 1 aromatic heterocycles. The van der Waals surface area contributed by atoms with E-state index in [0.717, 1.165) is 56.1 Å². The topological polar surface area (TPSA) is 22.9 Å². The van der Waals surface area contributed by atoms with Crippen LogP contribution in [0, 0.1) is 0 Å². The van der Waals surface area contributed by atoms with Crippen LogP contribution in [0.25, 0.3) is 142 Å². The number of rotatable bonds is 13. The Bertz CT molecular complexity index is 7490. The van der Waals surface area contributed by atoms with Crippen molar-refractivity contribution >= 4 is 138 Å². The van der Waals surface area contributed by atoms with E-state index in [1.165, 1.54) is 148 Å². The molecular weight excluding hydrogens is 1460 g/mol. The first-order valence-corrected chi connectivity index (χ1v) is 41.7. The van der Waals surface area contributed by atoms with E-state index in [2.05, 4.69) is 484 Å². The van der Waals surface area contributed by atoms with E-state index in [9.17, 15) is 0 Å². The molecule has 1 aliphatic carbocycles. The summed E-state index contributed by atoms with van der Waals surface area (Å²) in [6, 6.07) is 168. The Morgan fingerprint density at radius 1 is 0.190 bits per heavy atom. The van der Waals surface area contributed by atoms with Gasteiger partial charge in [-0.1, -0.05) is 390 Å². The summed E-state index contributed by atoms with van der Waals surface area (Å²) < 4.78 is 6.56. The Kier molecular flexibility index (Phi) is 19.0. The third-order valence-corrected chi connectivity index (χ3v) is 24.3. The van der Waals surface area contributed by atoms with E-state index in [1.807, 2.05) is 12.1 Å². The molecule has 22 aromatic rings. The lowest BCUT2D eigenvalue weighted by molar-refractivity contribution is 0.660. The molecule has 23 rings (SSSR count). The molecule has 121 heavy (non-hydrogen) atoms. The maximum atomic E-state index is 6.56. The zero-order valence-corrected chi connectivity index (χ0v) is 67.2. The van der Waals surface area contributed by atoms with E-state index in [0.29, 0.717) is 0 Å². The van der Waals surface area contributed by atoms with Crippen molar-refractivity contribution in [3.63, 3.8) is 0 Å². The third kappa shape index (κ3) is 13.6. The van der Waals surface area contributed by atoms with Crippen LogP contribution >= 0.6 is 0 Å². The molecule has 1 aliphatic rings. The van der Waals surface area contributed by atoms with Gasteiger partial charge in [-0.05, 0) is 206 Å². The van der Waals surface area contributed by atoms with Crippen LogP contribution in [-0.4, -0.2) is 0 Å². The average Bonchev–Trinajstić information content (AvgIpc) is 1.57. The Balaban J connectivity index is 0.000000112. The van der Waals surface area contributed by atoms with Gasteiger partial charge < -0.3 is 19.1 Å². The Morgan fingerprint density at radius 3 is 0.909 bits per heavy atom. The normalized spacial score (nSPS) is 12.0. The van der Waals surface area contributed by atoms with Gasteiger partial charge in [0.05, 0.1) is 22.7 Å². The second-order valence-corrected chi connectivity index (χ2v) is 31.8. The number of anilines is 9. The van der Waals surface area contributed by atoms with Crippen molar-refractivity contribution in [3.8, 4) is 55.6 Å². The minimum Gasteiger partial charge on any atom is -0.454 e. The van der Waals surface area contributed by atoms with Crippen molar-refractivity contribution in [2.45, 2.75) is 19.3 Å². The molecule has 0 atom stereocenters. The lowest BCUT2D eigenvalue weighted by Crippen LogP contribution is -2.16. The number of nitrogens with zero attached hydrogens (tertiary/aromatic N) is 3. The lowest BCUT2D eigenvalue weighted by atomic mass is 9.82. The molecule has 0 saturated heterocycles. The SMILES string of the molecule is CC1(C)c2ccccc2-c2ccc(N(c3ccc(-c4ccccc4)cc3)c3cccc4ccc5ccccc5c34)cc21.c1ccc(-c2ccc(N(c3ccc(-c4ccccc4)cc3)c3cccc4ccc5ccccc5c34)cc2)cc1.c1ccc(-c2ccc(N(c3cccc4c3oc3ccccc34)c3cccc4ccc5ccccc5c34)cc2)cc1. The zero-order chi connectivity index (χ0) is 80.7. The molecule has 0 unspecified atom stereocenters. The summed E-state index contributed by atoms with van der Waals surface area (Å²) >= 11 is 0. The van der Waals surface area contributed by atoms with E-state index in [-0.39, 0.29) is 5.41 Å². The molecule has 4 heteroatoms. The molecular formula is C117H83N3O. The summed E-state index contributed by atoms with van der Waals surface area (Å²) in [6.45, 7) is 4.71. The van der Waals surface area contributed by atoms with Crippen molar-refractivity contribution in [3.05, 3.63) is 478 Å². The summed E-state index contributed by atoms with van der Waals surface area (Å²) in [5, 5.41) is 17.2. The van der Waals surface area contributed by atoms with E-state index in [1.54, 1.807) is 0 Å². The molecule has 0 bridgehead atoms. The second-order valence-electron chi connectivity index (χ2n) is 31.8. The molecule has 0 fully saturated rings. The van der Waals surface area contributed by atoms with Gasteiger partial charge in [-0.2, -0.15) is 0 Å². The molecule has 0 radical (unpaired) electrons. The van der Waals surface area contributed by atoms with Crippen molar-refractivity contribution in [2.24, 2.45) is 0 Å². The number of hydrogen-bond acceptors (Lipinski definition) is 4. The minimum atomic E-state index is -0.0732. The van der Waals surface area contributed by atoms with Gasteiger partial charge in [0, 0.05) is 60.8 Å². The Morgan fingerprint density at radius 2 is 0.479 bits per heavy atom. The summed E-state index contributed by atoms with van der Waals surface area (Å²) in [7, 11) is 0. The van der Waals surface area contributed by atoms with E-state index in [4.69, 9.17) is 4.42 Å². The van der Waals surface area contributed by atoms with Gasteiger partial charge in [0.15, 0.2) is 5.58 Å². The summed E-state index contributed by atoms with van der Waals surface area (Å²) in [6.07, 6.45) is 0. The van der Waals surface area contributed by atoms with Gasteiger partial charge in [0.2, 0.25) is 0 Å². The van der Waals surface area contributed by atoms with Crippen LogP contribution < -0.4 is 14.7 Å². The zero-order valence-electron chi connectivity index (χ0n) is 67.2. The molecule has 0 N–H and O–H groups in total. The molecule has 1 heterocycles. The quantitative estimate of drug-likeness (QED) is 0.107. The van der Waals surface area contributed by atoms with Crippen LogP contribution in [0.15, 0.2) is 472 Å².